The van der Waals surface area contributed by atoms with Gasteiger partial charge >= 0.3 is 5.97 Å². The van der Waals surface area contributed by atoms with Crippen LogP contribution in [0, 0.1) is 13.8 Å². The van der Waals surface area contributed by atoms with E-state index < -0.39 is 5.97 Å². The van der Waals surface area contributed by atoms with Gasteiger partial charge in [-0.05, 0) is 50.1 Å². The zero-order chi connectivity index (χ0) is 18.0. The van der Waals surface area contributed by atoms with Gasteiger partial charge in [-0.3, -0.25) is 9.59 Å². The molecular formula is C17H17BrN2O4. The molecule has 0 fully saturated rings. The van der Waals surface area contributed by atoms with E-state index in [4.69, 9.17) is 5.11 Å². The first kappa shape index (κ1) is 17.9. The summed E-state index contributed by atoms with van der Waals surface area (Å²) in [5.41, 5.74) is 3.72. The van der Waals surface area contributed by atoms with Crippen LogP contribution in [-0.4, -0.2) is 27.8 Å². The molecule has 0 spiro atoms. The predicted molar refractivity (Wildman–Crippen MR) is 93.7 cm³/mol. The fourth-order valence-electron chi connectivity index (χ4n) is 2.69. The third-order valence-corrected chi connectivity index (χ3v) is 4.19. The highest BCUT2D eigenvalue weighted by molar-refractivity contribution is 9.10. The molecule has 0 unspecified atom stereocenters. The Labute approximate surface area is 147 Å². The highest BCUT2D eigenvalue weighted by atomic mass is 79.9. The van der Waals surface area contributed by atoms with Gasteiger partial charge < -0.3 is 15.4 Å². The van der Waals surface area contributed by atoms with E-state index in [2.05, 4.69) is 26.2 Å². The summed E-state index contributed by atoms with van der Waals surface area (Å²) in [6.07, 6.45) is 0.509. The van der Waals surface area contributed by atoms with Gasteiger partial charge in [-0.15, -0.1) is 0 Å². The Morgan fingerprint density at radius 3 is 2.42 bits per heavy atom. The number of aromatic nitrogens is 1. The number of hydrogen-bond donors (Lipinski definition) is 3. The van der Waals surface area contributed by atoms with Crippen molar-refractivity contribution in [2.75, 3.05) is 5.32 Å². The number of H-pyrrole nitrogens is 1. The van der Waals surface area contributed by atoms with Crippen LogP contribution in [0.25, 0.3) is 0 Å². The number of aromatic amines is 1. The molecule has 1 aliphatic rings. The number of hydrogen-bond acceptors (Lipinski definition) is 3. The number of ketones is 1. The zero-order valence-corrected chi connectivity index (χ0v) is 15.1. The van der Waals surface area contributed by atoms with Crippen LogP contribution in [-0.2, 0) is 11.2 Å². The van der Waals surface area contributed by atoms with Crippen molar-refractivity contribution in [1.82, 2.24) is 4.98 Å². The van der Waals surface area contributed by atoms with E-state index in [-0.39, 0.29) is 17.4 Å². The van der Waals surface area contributed by atoms with Crippen LogP contribution in [0.1, 0.15) is 44.6 Å². The molecule has 7 heteroatoms. The van der Waals surface area contributed by atoms with E-state index in [9.17, 15) is 14.4 Å². The molecular weight excluding hydrogens is 376 g/mol. The van der Waals surface area contributed by atoms with Crippen LogP contribution in [0.15, 0.2) is 22.7 Å². The lowest BCUT2D eigenvalue weighted by molar-refractivity contribution is -0.115. The van der Waals surface area contributed by atoms with Crippen LogP contribution in [0.4, 0.5) is 5.69 Å². The molecule has 6 nitrogen and oxygen atoms in total. The summed E-state index contributed by atoms with van der Waals surface area (Å²) in [6, 6.07) is 5.79. The summed E-state index contributed by atoms with van der Waals surface area (Å²) in [5.74, 6) is -1.06. The first-order chi connectivity index (χ1) is 11.2. The van der Waals surface area contributed by atoms with Gasteiger partial charge in [0.25, 0.3) is 0 Å². The van der Waals surface area contributed by atoms with E-state index in [1.54, 1.807) is 13.8 Å². The van der Waals surface area contributed by atoms with Crippen LogP contribution in [0.3, 0.4) is 0 Å². The fraction of sp³-hybridized carbons (Fsp3) is 0.235. The molecule has 24 heavy (non-hydrogen) atoms. The van der Waals surface area contributed by atoms with Crippen molar-refractivity contribution in [2.45, 2.75) is 27.2 Å². The van der Waals surface area contributed by atoms with Crippen molar-refractivity contribution in [3.63, 3.8) is 0 Å². The Balaban J connectivity index is 0.000000175. The molecule has 3 rings (SSSR count). The van der Waals surface area contributed by atoms with Crippen molar-refractivity contribution in [1.29, 1.82) is 0 Å². The molecule has 0 radical (unpaired) electrons. The maximum absolute atomic E-state index is 11.1. The Morgan fingerprint density at radius 1 is 1.25 bits per heavy atom. The van der Waals surface area contributed by atoms with Gasteiger partial charge in [0, 0.05) is 21.4 Å². The molecule has 1 aromatic carbocycles. The Morgan fingerprint density at radius 2 is 1.92 bits per heavy atom. The number of carboxylic acid groups (broad SMARTS) is 1. The topological polar surface area (TPSA) is 99.3 Å². The van der Waals surface area contributed by atoms with Crippen LogP contribution in [0.2, 0.25) is 0 Å². The van der Waals surface area contributed by atoms with Gasteiger partial charge in [0.05, 0.1) is 6.42 Å². The molecule has 0 aliphatic carbocycles. The third kappa shape index (κ3) is 3.73. The normalized spacial score (nSPS) is 12.1. The van der Waals surface area contributed by atoms with Crippen molar-refractivity contribution < 1.29 is 19.5 Å². The summed E-state index contributed by atoms with van der Waals surface area (Å²) in [6.45, 7) is 4.74. The molecule has 126 valence electrons. The number of aryl methyl sites for hydroxylation is 1. The number of Topliss-reactive ketones (excluding diaryl/α,β-unsaturated/α-hetero) is 1. The summed E-state index contributed by atoms with van der Waals surface area (Å²) in [7, 11) is 0. The van der Waals surface area contributed by atoms with Gasteiger partial charge in [0.15, 0.2) is 5.78 Å². The molecule has 0 saturated carbocycles. The fourth-order valence-corrected chi connectivity index (χ4v) is 3.10. The quantitative estimate of drug-likeness (QED) is 0.681. The van der Waals surface area contributed by atoms with E-state index in [1.165, 1.54) is 6.92 Å². The highest BCUT2D eigenvalue weighted by Gasteiger charge is 2.18. The molecule has 1 aromatic heterocycles. The molecule has 1 aliphatic heterocycles. The first-order valence-corrected chi connectivity index (χ1v) is 8.01. The molecule has 1 amide bonds. The number of nitrogens with one attached hydrogen (secondary N) is 2. The lowest BCUT2D eigenvalue weighted by atomic mass is 10.1. The average Bonchev–Trinajstić information content (AvgIpc) is 2.97. The lowest BCUT2D eigenvalue weighted by Crippen LogP contribution is -2.03. The number of anilines is 1. The summed E-state index contributed by atoms with van der Waals surface area (Å²) < 4.78 is 1.02. The monoisotopic (exact) mass is 392 g/mol. The van der Waals surface area contributed by atoms with Crippen LogP contribution >= 0.6 is 15.9 Å². The highest BCUT2D eigenvalue weighted by Crippen LogP contribution is 2.25. The smallest absolute Gasteiger partial charge is 0.352 e. The maximum Gasteiger partial charge on any atom is 0.352 e. The van der Waals surface area contributed by atoms with Crippen molar-refractivity contribution in [3.05, 3.63) is 50.8 Å². The standard InChI is InChI=1S/C9H11NO3.C8H6BrNO/c1-4-7(6(3)11)5(2)10-8(4)9(12)13;9-6-1-2-7-5(3-6)4-8(11)10-7/h10H,1-3H3,(H,12,13);1-3H,4H2,(H,10,11). The number of benzene rings is 1. The predicted octanol–water partition coefficient (Wildman–Crippen LogP) is 3.48. The van der Waals surface area contributed by atoms with E-state index >= 15 is 0 Å². The third-order valence-electron chi connectivity index (χ3n) is 3.70. The Bertz CT molecular complexity index is 839. The first-order valence-electron chi connectivity index (χ1n) is 7.22. The van der Waals surface area contributed by atoms with Crippen LogP contribution in [0.5, 0.6) is 0 Å². The Kier molecular flexibility index (Phi) is 5.23. The molecule has 2 heterocycles. The minimum atomic E-state index is -1.03. The number of aromatic carboxylic acids is 1. The summed E-state index contributed by atoms with van der Waals surface area (Å²) in [5, 5.41) is 11.5. The lowest BCUT2D eigenvalue weighted by Gasteiger charge is -1.96. The Hall–Kier alpha value is -2.41. The molecule has 3 N–H and O–H groups in total. The summed E-state index contributed by atoms with van der Waals surface area (Å²) in [4.78, 5) is 35.3. The number of carbonyl (C=O) groups excluding carboxylic acids is 2. The molecule has 2 aromatic rings. The molecule has 0 saturated heterocycles. The second-order valence-electron chi connectivity index (χ2n) is 5.51. The van der Waals surface area contributed by atoms with Crippen molar-refractivity contribution >= 4 is 39.3 Å². The number of halogens is 1. The van der Waals surface area contributed by atoms with Crippen molar-refractivity contribution in [3.8, 4) is 0 Å². The minimum absolute atomic E-state index is 0.0816. The van der Waals surface area contributed by atoms with Gasteiger partial charge in [0.2, 0.25) is 5.91 Å². The minimum Gasteiger partial charge on any atom is -0.477 e. The number of carbonyl (C=O) groups is 3. The second kappa shape index (κ2) is 7.00. The van der Waals surface area contributed by atoms with Gasteiger partial charge in [0.1, 0.15) is 5.69 Å². The van der Waals surface area contributed by atoms with E-state index in [0.717, 1.165) is 15.7 Å². The van der Waals surface area contributed by atoms with Crippen molar-refractivity contribution in [2.24, 2.45) is 0 Å². The molecule has 0 bridgehead atoms. The number of amides is 1. The zero-order valence-electron chi connectivity index (χ0n) is 13.5. The average molecular weight is 393 g/mol. The van der Waals surface area contributed by atoms with E-state index in [1.807, 2.05) is 18.2 Å². The number of rotatable bonds is 2. The largest absolute Gasteiger partial charge is 0.477 e. The van der Waals surface area contributed by atoms with Gasteiger partial charge in [-0.25, -0.2) is 4.79 Å². The second-order valence-corrected chi connectivity index (χ2v) is 6.43. The summed E-state index contributed by atoms with van der Waals surface area (Å²) >= 11 is 3.35. The van der Waals surface area contributed by atoms with Gasteiger partial charge in [-0.2, -0.15) is 0 Å². The maximum atomic E-state index is 11.1. The van der Waals surface area contributed by atoms with Crippen LogP contribution < -0.4 is 5.32 Å². The van der Waals surface area contributed by atoms with E-state index in [0.29, 0.717) is 23.2 Å². The molecule has 0 atom stereocenters. The van der Waals surface area contributed by atoms with Gasteiger partial charge in [-0.1, -0.05) is 15.9 Å². The SMILES string of the molecule is CC(=O)c1c(C)[nH]c(C(=O)O)c1C.O=C1Cc2cc(Br)ccc2N1. The number of carboxylic acids is 1. The number of fused-ring (bicyclic) bond motifs is 1.